The lowest BCUT2D eigenvalue weighted by Crippen LogP contribution is -2.30. The third-order valence-corrected chi connectivity index (χ3v) is 4.41. The van der Waals surface area contributed by atoms with Crippen LogP contribution in [0, 0.1) is 6.92 Å². The Morgan fingerprint density at radius 1 is 1.11 bits per heavy atom. The van der Waals surface area contributed by atoms with Gasteiger partial charge in [0, 0.05) is 28.2 Å². The maximum atomic E-state index is 12.5. The molecule has 3 rings (SSSR count). The van der Waals surface area contributed by atoms with E-state index in [-0.39, 0.29) is 18.0 Å². The molecular formula is C21H21ClN4O2. The molecule has 0 aliphatic rings. The molecule has 0 aliphatic heterocycles. The molecule has 0 unspecified atom stereocenters. The van der Waals surface area contributed by atoms with Crippen molar-refractivity contribution in [3.63, 3.8) is 0 Å². The Morgan fingerprint density at radius 2 is 1.86 bits per heavy atom. The SMILES string of the molecule is CCc1cccc(Nc2nc(C)cc(=O)n2CC(=O)Nc2ccc(Cl)cc2)c1. The zero-order valence-corrected chi connectivity index (χ0v) is 16.5. The number of carbonyl (C=O) groups excluding carboxylic acids is 1. The number of benzene rings is 2. The minimum absolute atomic E-state index is 0.162. The fourth-order valence-corrected chi connectivity index (χ4v) is 2.87. The molecule has 2 N–H and O–H groups in total. The van der Waals surface area contributed by atoms with Crippen molar-refractivity contribution in [1.29, 1.82) is 0 Å². The molecule has 0 atom stereocenters. The van der Waals surface area contributed by atoms with Gasteiger partial charge in [-0.15, -0.1) is 0 Å². The summed E-state index contributed by atoms with van der Waals surface area (Å²) >= 11 is 5.86. The molecule has 1 aromatic heterocycles. The summed E-state index contributed by atoms with van der Waals surface area (Å²) in [5.74, 6) is -0.00931. The predicted molar refractivity (Wildman–Crippen MR) is 112 cm³/mol. The van der Waals surface area contributed by atoms with Crippen molar-refractivity contribution in [2.24, 2.45) is 0 Å². The van der Waals surface area contributed by atoms with Gasteiger partial charge in [-0.05, 0) is 55.3 Å². The van der Waals surface area contributed by atoms with Gasteiger partial charge >= 0.3 is 0 Å². The summed E-state index contributed by atoms with van der Waals surface area (Å²) in [6.07, 6.45) is 0.896. The second kappa shape index (κ2) is 8.71. The summed E-state index contributed by atoms with van der Waals surface area (Å²) in [4.78, 5) is 29.4. The van der Waals surface area contributed by atoms with Crippen molar-refractivity contribution in [2.45, 2.75) is 26.8 Å². The third-order valence-electron chi connectivity index (χ3n) is 4.16. The zero-order chi connectivity index (χ0) is 20.1. The second-order valence-electron chi connectivity index (χ2n) is 6.38. The van der Waals surface area contributed by atoms with Gasteiger partial charge in [-0.1, -0.05) is 30.7 Å². The summed E-state index contributed by atoms with van der Waals surface area (Å²) in [5.41, 5.74) is 2.85. The van der Waals surface area contributed by atoms with E-state index in [0.717, 1.165) is 17.7 Å². The van der Waals surface area contributed by atoms with E-state index in [0.29, 0.717) is 22.4 Å². The van der Waals surface area contributed by atoms with Gasteiger partial charge in [0.2, 0.25) is 11.9 Å². The van der Waals surface area contributed by atoms with Crippen LogP contribution in [0.1, 0.15) is 18.2 Å². The zero-order valence-electron chi connectivity index (χ0n) is 15.7. The van der Waals surface area contributed by atoms with E-state index >= 15 is 0 Å². The normalized spacial score (nSPS) is 10.5. The molecule has 0 saturated heterocycles. The summed E-state index contributed by atoms with van der Waals surface area (Å²) in [6.45, 7) is 3.65. The second-order valence-corrected chi connectivity index (χ2v) is 6.82. The van der Waals surface area contributed by atoms with E-state index in [1.807, 2.05) is 24.3 Å². The largest absolute Gasteiger partial charge is 0.326 e. The molecule has 0 bridgehead atoms. The van der Waals surface area contributed by atoms with Crippen LogP contribution in [0.2, 0.25) is 5.02 Å². The molecule has 28 heavy (non-hydrogen) atoms. The first-order chi connectivity index (χ1) is 13.4. The Balaban J connectivity index is 1.84. The molecule has 0 spiro atoms. The number of hydrogen-bond acceptors (Lipinski definition) is 4. The lowest BCUT2D eigenvalue weighted by Gasteiger charge is -2.15. The van der Waals surface area contributed by atoms with Crippen molar-refractivity contribution < 1.29 is 4.79 Å². The predicted octanol–water partition coefficient (Wildman–Crippen LogP) is 4.15. The standard InChI is InChI=1S/C21H21ClN4O2/c1-3-15-5-4-6-18(12-15)25-21-23-14(2)11-20(28)26(21)13-19(27)24-17-9-7-16(22)8-10-17/h4-12H,3,13H2,1-2H3,(H,23,25)(H,24,27). The molecule has 1 amide bonds. The molecule has 7 heteroatoms. The van der Waals surface area contributed by atoms with Crippen molar-refractivity contribution in [3.05, 3.63) is 81.2 Å². The van der Waals surface area contributed by atoms with Crippen LogP contribution in [0.15, 0.2) is 59.4 Å². The molecule has 0 radical (unpaired) electrons. The van der Waals surface area contributed by atoms with Crippen LogP contribution in [-0.4, -0.2) is 15.5 Å². The summed E-state index contributed by atoms with van der Waals surface area (Å²) in [6, 6.07) is 16.0. The van der Waals surface area contributed by atoms with Crippen molar-refractivity contribution in [2.75, 3.05) is 10.6 Å². The lowest BCUT2D eigenvalue weighted by atomic mass is 10.1. The van der Waals surface area contributed by atoms with Crippen LogP contribution < -0.4 is 16.2 Å². The van der Waals surface area contributed by atoms with Crippen LogP contribution in [0.3, 0.4) is 0 Å². The number of aryl methyl sites for hydroxylation is 2. The first-order valence-corrected chi connectivity index (χ1v) is 9.32. The molecule has 1 heterocycles. The van der Waals surface area contributed by atoms with Crippen LogP contribution in [-0.2, 0) is 17.8 Å². The first-order valence-electron chi connectivity index (χ1n) is 8.94. The van der Waals surface area contributed by atoms with Crippen LogP contribution in [0.4, 0.5) is 17.3 Å². The molecule has 144 valence electrons. The molecule has 0 fully saturated rings. The minimum Gasteiger partial charge on any atom is -0.326 e. The van der Waals surface area contributed by atoms with Gasteiger partial charge in [-0.2, -0.15) is 0 Å². The highest BCUT2D eigenvalue weighted by Crippen LogP contribution is 2.17. The van der Waals surface area contributed by atoms with Crippen molar-refractivity contribution in [3.8, 4) is 0 Å². The lowest BCUT2D eigenvalue weighted by molar-refractivity contribution is -0.116. The van der Waals surface area contributed by atoms with Gasteiger partial charge in [0.15, 0.2) is 0 Å². The Morgan fingerprint density at radius 3 is 2.57 bits per heavy atom. The van der Waals surface area contributed by atoms with Crippen molar-refractivity contribution in [1.82, 2.24) is 9.55 Å². The molecule has 0 aliphatic carbocycles. The van der Waals surface area contributed by atoms with Crippen LogP contribution in [0.5, 0.6) is 0 Å². The average Bonchev–Trinajstić information content (AvgIpc) is 2.66. The van der Waals surface area contributed by atoms with Crippen LogP contribution in [0.25, 0.3) is 0 Å². The smallest absolute Gasteiger partial charge is 0.255 e. The number of carbonyl (C=O) groups is 1. The summed E-state index contributed by atoms with van der Waals surface area (Å²) in [5, 5.41) is 6.50. The highest BCUT2D eigenvalue weighted by molar-refractivity contribution is 6.30. The molecule has 3 aromatic rings. The number of hydrogen-bond donors (Lipinski definition) is 2. The van der Waals surface area contributed by atoms with E-state index in [4.69, 9.17) is 11.6 Å². The number of nitrogens with one attached hydrogen (secondary N) is 2. The number of halogens is 1. The van der Waals surface area contributed by atoms with E-state index in [2.05, 4.69) is 22.5 Å². The summed E-state index contributed by atoms with van der Waals surface area (Å²) in [7, 11) is 0. The fourth-order valence-electron chi connectivity index (χ4n) is 2.74. The number of anilines is 3. The van der Waals surface area contributed by atoms with Gasteiger partial charge in [-0.3, -0.25) is 14.2 Å². The highest BCUT2D eigenvalue weighted by Gasteiger charge is 2.12. The monoisotopic (exact) mass is 396 g/mol. The third kappa shape index (κ3) is 4.98. The molecular weight excluding hydrogens is 376 g/mol. The average molecular weight is 397 g/mol. The van der Waals surface area contributed by atoms with E-state index < -0.39 is 0 Å². The molecule has 6 nitrogen and oxygen atoms in total. The Bertz CT molecular complexity index is 1050. The van der Waals surface area contributed by atoms with Crippen LogP contribution >= 0.6 is 11.6 Å². The Kier molecular flexibility index (Phi) is 6.11. The minimum atomic E-state index is -0.333. The Labute approximate surface area is 168 Å². The van der Waals surface area contributed by atoms with E-state index in [9.17, 15) is 9.59 Å². The van der Waals surface area contributed by atoms with E-state index in [1.165, 1.54) is 10.6 Å². The number of nitrogens with zero attached hydrogens (tertiary/aromatic N) is 2. The first kappa shape index (κ1) is 19.6. The number of rotatable bonds is 6. The number of aromatic nitrogens is 2. The maximum absolute atomic E-state index is 12.5. The van der Waals surface area contributed by atoms with Gasteiger partial charge in [-0.25, -0.2) is 4.98 Å². The summed E-state index contributed by atoms with van der Waals surface area (Å²) < 4.78 is 1.32. The van der Waals surface area contributed by atoms with Crippen molar-refractivity contribution >= 4 is 34.8 Å². The highest BCUT2D eigenvalue weighted by atomic mass is 35.5. The van der Waals surface area contributed by atoms with Gasteiger partial charge < -0.3 is 10.6 Å². The Hall–Kier alpha value is -3.12. The molecule has 0 saturated carbocycles. The molecule has 2 aromatic carbocycles. The van der Waals surface area contributed by atoms with Gasteiger partial charge in [0.25, 0.3) is 5.56 Å². The van der Waals surface area contributed by atoms with Gasteiger partial charge in [0.1, 0.15) is 6.54 Å². The number of amides is 1. The maximum Gasteiger partial charge on any atom is 0.255 e. The fraction of sp³-hybridized carbons (Fsp3) is 0.190. The van der Waals surface area contributed by atoms with E-state index in [1.54, 1.807) is 31.2 Å². The van der Waals surface area contributed by atoms with Gasteiger partial charge in [0.05, 0.1) is 0 Å². The topological polar surface area (TPSA) is 76.0 Å². The quantitative estimate of drug-likeness (QED) is 0.656.